The number of aromatic nitrogens is 1. The fraction of sp³-hybridized carbons (Fsp3) is 0. The normalized spacial score (nSPS) is 11.1. The zero-order chi connectivity index (χ0) is 8.67. The van der Waals surface area contributed by atoms with Crippen LogP contribution < -0.4 is 0 Å². The van der Waals surface area contributed by atoms with Crippen molar-refractivity contribution in [2.75, 3.05) is 0 Å². The number of hydrogen-bond donors (Lipinski definition) is 0. The zero-order valence-corrected chi connectivity index (χ0v) is 7.71. The van der Waals surface area contributed by atoms with Crippen molar-refractivity contribution in [2.24, 2.45) is 0 Å². The Balaban J connectivity index is 2.56. The first-order chi connectivity index (χ1) is 6.45. The lowest BCUT2D eigenvalue weighted by Gasteiger charge is -1.92. The molecule has 1 aromatic carbocycles. The van der Waals surface area contributed by atoms with Gasteiger partial charge in [-0.1, -0.05) is 30.3 Å². The predicted octanol–water partition coefficient (Wildman–Crippen LogP) is 3.40. The van der Waals surface area contributed by atoms with Crippen LogP contribution in [0.3, 0.4) is 0 Å². The predicted molar refractivity (Wildman–Crippen MR) is 56.2 cm³/mol. The molecular weight excluding hydrogens is 178 g/mol. The fourth-order valence-electron chi connectivity index (χ4n) is 1.57. The van der Waals surface area contributed by atoms with Gasteiger partial charge in [-0.3, -0.25) is 0 Å². The van der Waals surface area contributed by atoms with Gasteiger partial charge in [0, 0.05) is 10.9 Å². The van der Waals surface area contributed by atoms with Crippen LogP contribution in [0.25, 0.3) is 21.5 Å². The SMILES string of the molecule is c1csc2nc3ccccc3c-2c1. The van der Waals surface area contributed by atoms with Gasteiger partial charge in [0.05, 0.1) is 5.52 Å². The van der Waals surface area contributed by atoms with E-state index in [4.69, 9.17) is 0 Å². The molecule has 0 aliphatic carbocycles. The van der Waals surface area contributed by atoms with Crippen LogP contribution in [0.1, 0.15) is 0 Å². The first-order valence-corrected chi connectivity index (χ1v) is 5.05. The van der Waals surface area contributed by atoms with E-state index in [1.807, 2.05) is 6.07 Å². The number of hydrogen-bond acceptors (Lipinski definition) is 2. The van der Waals surface area contributed by atoms with E-state index in [0.29, 0.717) is 0 Å². The lowest BCUT2D eigenvalue weighted by molar-refractivity contribution is 1.52. The summed E-state index contributed by atoms with van der Waals surface area (Å²) in [4.78, 5) is 4.53. The second-order valence-corrected chi connectivity index (χ2v) is 3.86. The van der Waals surface area contributed by atoms with Crippen LogP contribution in [-0.4, -0.2) is 4.98 Å². The summed E-state index contributed by atoms with van der Waals surface area (Å²) in [6, 6.07) is 12.5. The van der Waals surface area contributed by atoms with Crippen molar-refractivity contribution >= 4 is 22.2 Å². The average molecular weight is 185 g/mol. The maximum atomic E-state index is 4.53. The Hall–Kier alpha value is -1.41. The molecule has 1 aromatic rings. The summed E-state index contributed by atoms with van der Waals surface area (Å²) in [6.07, 6.45) is 0. The number of fused-ring (bicyclic) bond motifs is 3. The molecule has 0 saturated carbocycles. The van der Waals surface area contributed by atoms with Crippen molar-refractivity contribution < 1.29 is 0 Å². The topological polar surface area (TPSA) is 12.9 Å². The van der Waals surface area contributed by atoms with Gasteiger partial charge in [-0.05, 0) is 11.4 Å². The molecular formula is C11H7NS. The van der Waals surface area contributed by atoms with E-state index < -0.39 is 0 Å². The molecule has 0 saturated heterocycles. The Morgan fingerprint density at radius 2 is 1.92 bits per heavy atom. The van der Waals surface area contributed by atoms with E-state index in [2.05, 4.69) is 40.7 Å². The van der Waals surface area contributed by atoms with E-state index in [-0.39, 0.29) is 0 Å². The molecule has 0 bridgehead atoms. The minimum atomic E-state index is 1.10. The maximum absolute atomic E-state index is 4.53. The summed E-state index contributed by atoms with van der Waals surface area (Å²) >= 11 is 1.69. The number of para-hydroxylation sites is 1. The zero-order valence-electron chi connectivity index (χ0n) is 6.90. The number of rotatable bonds is 0. The van der Waals surface area contributed by atoms with Crippen molar-refractivity contribution in [1.82, 2.24) is 4.98 Å². The second kappa shape index (κ2) is 2.54. The van der Waals surface area contributed by atoms with Crippen LogP contribution in [-0.2, 0) is 0 Å². The Bertz CT molecular complexity index is 527. The van der Waals surface area contributed by atoms with Gasteiger partial charge in [-0.15, -0.1) is 11.3 Å². The molecule has 2 aliphatic rings. The first-order valence-electron chi connectivity index (χ1n) is 4.17. The van der Waals surface area contributed by atoms with Crippen molar-refractivity contribution in [3.8, 4) is 10.6 Å². The highest BCUT2D eigenvalue weighted by atomic mass is 32.1. The van der Waals surface area contributed by atoms with E-state index in [1.54, 1.807) is 11.3 Å². The molecule has 0 atom stereocenters. The number of nitrogens with zero attached hydrogens (tertiary/aromatic N) is 1. The third kappa shape index (κ3) is 0.956. The van der Waals surface area contributed by atoms with Crippen LogP contribution in [0.15, 0.2) is 41.8 Å². The minimum Gasteiger partial charge on any atom is -0.237 e. The molecule has 0 radical (unpaired) electrons. The minimum absolute atomic E-state index is 1.10. The quantitative estimate of drug-likeness (QED) is 0.523. The molecule has 2 heteroatoms. The van der Waals surface area contributed by atoms with Crippen LogP contribution in [0.4, 0.5) is 0 Å². The Morgan fingerprint density at radius 1 is 1.00 bits per heavy atom. The molecule has 0 aromatic heterocycles. The van der Waals surface area contributed by atoms with Crippen molar-refractivity contribution in [1.29, 1.82) is 0 Å². The molecule has 0 amide bonds. The van der Waals surface area contributed by atoms with Gasteiger partial charge >= 0.3 is 0 Å². The third-order valence-electron chi connectivity index (χ3n) is 2.17. The van der Waals surface area contributed by atoms with E-state index in [1.165, 1.54) is 10.9 Å². The van der Waals surface area contributed by atoms with E-state index in [9.17, 15) is 0 Å². The van der Waals surface area contributed by atoms with E-state index in [0.717, 1.165) is 10.5 Å². The molecule has 62 valence electrons. The van der Waals surface area contributed by atoms with Crippen LogP contribution in [0.2, 0.25) is 0 Å². The first kappa shape index (κ1) is 7.04. The molecule has 3 rings (SSSR count). The van der Waals surface area contributed by atoms with Gasteiger partial charge in [-0.2, -0.15) is 0 Å². The molecule has 0 spiro atoms. The van der Waals surface area contributed by atoms with Crippen LogP contribution >= 0.6 is 11.3 Å². The summed E-state index contributed by atoms with van der Waals surface area (Å²) < 4.78 is 0. The van der Waals surface area contributed by atoms with Gasteiger partial charge in [0.1, 0.15) is 5.01 Å². The Morgan fingerprint density at radius 3 is 2.92 bits per heavy atom. The molecule has 0 fully saturated rings. The smallest absolute Gasteiger partial charge is 0.124 e. The molecule has 0 N–H and O–H groups in total. The lowest BCUT2D eigenvalue weighted by Crippen LogP contribution is -1.68. The van der Waals surface area contributed by atoms with E-state index >= 15 is 0 Å². The van der Waals surface area contributed by atoms with Gasteiger partial charge in [0.2, 0.25) is 0 Å². The lowest BCUT2D eigenvalue weighted by atomic mass is 10.2. The monoisotopic (exact) mass is 185 g/mol. The largest absolute Gasteiger partial charge is 0.237 e. The molecule has 2 aliphatic heterocycles. The summed E-state index contributed by atoms with van der Waals surface area (Å²) in [6.45, 7) is 0. The summed E-state index contributed by atoms with van der Waals surface area (Å²) in [5.41, 5.74) is 2.36. The van der Waals surface area contributed by atoms with Crippen LogP contribution in [0, 0.1) is 0 Å². The standard InChI is InChI=1S/C11H7NS/c1-2-6-10-8(4-1)9-5-3-7-13-11(9)12-10/h1-7H. The highest BCUT2D eigenvalue weighted by Crippen LogP contribution is 2.32. The summed E-state index contributed by atoms with van der Waals surface area (Å²) in [5.74, 6) is 0. The van der Waals surface area contributed by atoms with Crippen molar-refractivity contribution in [3.63, 3.8) is 0 Å². The van der Waals surface area contributed by atoms with Crippen molar-refractivity contribution in [2.45, 2.75) is 0 Å². The molecule has 0 unspecified atom stereocenters. The number of benzene rings is 1. The molecule has 13 heavy (non-hydrogen) atoms. The summed E-state index contributed by atoms with van der Waals surface area (Å²) in [5, 5.41) is 4.45. The van der Waals surface area contributed by atoms with Crippen molar-refractivity contribution in [3.05, 3.63) is 41.8 Å². The highest BCUT2D eigenvalue weighted by Gasteiger charge is 2.09. The van der Waals surface area contributed by atoms with Gasteiger partial charge in [-0.25, -0.2) is 4.98 Å². The highest BCUT2D eigenvalue weighted by molar-refractivity contribution is 7.13. The average Bonchev–Trinajstić information content (AvgIpc) is 2.56. The maximum Gasteiger partial charge on any atom is 0.124 e. The second-order valence-electron chi connectivity index (χ2n) is 2.96. The Labute approximate surface area is 80.0 Å². The van der Waals surface area contributed by atoms with Gasteiger partial charge in [0.15, 0.2) is 0 Å². The van der Waals surface area contributed by atoms with Gasteiger partial charge in [0.25, 0.3) is 0 Å². The third-order valence-corrected chi connectivity index (χ3v) is 3.00. The molecule has 1 nitrogen and oxygen atoms in total. The Kier molecular flexibility index (Phi) is 1.37. The fourth-order valence-corrected chi connectivity index (χ4v) is 2.32. The van der Waals surface area contributed by atoms with Gasteiger partial charge < -0.3 is 0 Å². The summed E-state index contributed by atoms with van der Waals surface area (Å²) in [7, 11) is 0. The van der Waals surface area contributed by atoms with Crippen LogP contribution in [0.5, 0.6) is 0 Å². The molecule has 2 heterocycles.